The first-order valence-electron chi connectivity index (χ1n) is 9.41. The average molecular weight is 403 g/mol. The summed E-state index contributed by atoms with van der Waals surface area (Å²) in [4.78, 5) is 43.0. The summed E-state index contributed by atoms with van der Waals surface area (Å²) in [5.41, 5.74) is 1.84. The molecule has 0 saturated heterocycles. The number of rotatable bonds is 12. The fourth-order valence-electron chi connectivity index (χ4n) is 3.06. The predicted molar refractivity (Wildman–Crippen MR) is 104 cm³/mol. The highest BCUT2D eigenvalue weighted by molar-refractivity contribution is 5.85. The number of benzene rings is 1. The lowest BCUT2D eigenvalue weighted by molar-refractivity contribution is -0.884. The number of ether oxygens (including phenoxy) is 1. The first kappa shape index (κ1) is 22.1. The van der Waals surface area contributed by atoms with Crippen molar-refractivity contribution in [2.75, 3.05) is 26.7 Å². The van der Waals surface area contributed by atoms with E-state index in [0.29, 0.717) is 17.1 Å². The molecule has 1 heterocycles. The lowest BCUT2D eigenvalue weighted by atomic mass is 10.1. The number of aromatic nitrogens is 2. The van der Waals surface area contributed by atoms with Gasteiger partial charge in [0.25, 0.3) is 5.91 Å². The number of methoxy groups -OCH3 is 1. The fraction of sp³-hybridized carbons (Fsp3) is 0.400. The van der Waals surface area contributed by atoms with Gasteiger partial charge >= 0.3 is 11.9 Å². The Morgan fingerprint density at radius 3 is 2.62 bits per heavy atom. The molecule has 0 aliphatic carbocycles. The molecule has 2 atom stereocenters. The van der Waals surface area contributed by atoms with E-state index in [-0.39, 0.29) is 19.5 Å². The predicted octanol–water partition coefficient (Wildman–Crippen LogP) is -0.788. The third-order valence-electron chi connectivity index (χ3n) is 4.45. The molecule has 9 nitrogen and oxygen atoms in total. The van der Waals surface area contributed by atoms with Crippen LogP contribution >= 0.6 is 0 Å². The van der Waals surface area contributed by atoms with E-state index in [1.807, 2.05) is 30.3 Å². The Bertz CT molecular complexity index is 779. The number of carboxylic acids is 1. The van der Waals surface area contributed by atoms with Crippen molar-refractivity contribution >= 4 is 17.8 Å². The number of imidazole rings is 1. The maximum Gasteiger partial charge on any atom is 0.359 e. The maximum absolute atomic E-state index is 12.5. The Morgan fingerprint density at radius 2 is 2.00 bits per heavy atom. The topological polar surface area (TPSA) is 126 Å². The summed E-state index contributed by atoms with van der Waals surface area (Å²) < 4.78 is 4.76. The normalized spacial score (nSPS) is 12.7. The number of quaternary nitrogens is 1. The van der Waals surface area contributed by atoms with Gasteiger partial charge < -0.3 is 25.0 Å². The van der Waals surface area contributed by atoms with Crippen LogP contribution in [0.25, 0.3) is 0 Å². The number of amides is 1. The van der Waals surface area contributed by atoms with Crippen LogP contribution in [0.15, 0.2) is 42.9 Å². The van der Waals surface area contributed by atoms with Gasteiger partial charge in [0.1, 0.15) is 6.04 Å². The molecular formula is C20H27N4O5+. The number of nitrogens with zero attached hydrogens (tertiary/aromatic N) is 1. The fourth-order valence-corrected chi connectivity index (χ4v) is 3.06. The van der Waals surface area contributed by atoms with Gasteiger partial charge in [-0.15, -0.1) is 0 Å². The van der Waals surface area contributed by atoms with Gasteiger partial charge in [0.2, 0.25) is 0 Å². The maximum atomic E-state index is 12.5. The molecule has 9 heteroatoms. The molecule has 1 unspecified atom stereocenters. The number of aromatic amines is 1. The molecule has 0 aliphatic heterocycles. The van der Waals surface area contributed by atoms with Crippen molar-refractivity contribution in [1.29, 1.82) is 0 Å². The number of nitrogens with one attached hydrogen (secondary N) is 3. The lowest BCUT2D eigenvalue weighted by Gasteiger charge is -2.20. The van der Waals surface area contributed by atoms with E-state index in [4.69, 9.17) is 9.84 Å². The highest BCUT2D eigenvalue weighted by Gasteiger charge is 2.25. The van der Waals surface area contributed by atoms with Crippen LogP contribution < -0.4 is 10.2 Å². The van der Waals surface area contributed by atoms with E-state index in [1.165, 1.54) is 13.4 Å². The molecule has 2 rings (SSSR count). The number of esters is 1. The summed E-state index contributed by atoms with van der Waals surface area (Å²) >= 11 is 0. The zero-order valence-electron chi connectivity index (χ0n) is 16.4. The molecule has 0 radical (unpaired) electrons. The van der Waals surface area contributed by atoms with Crippen molar-refractivity contribution in [2.24, 2.45) is 0 Å². The van der Waals surface area contributed by atoms with Gasteiger partial charge in [0.05, 0.1) is 20.0 Å². The van der Waals surface area contributed by atoms with E-state index >= 15 is 0 Å². The van der Waals surface area contributed by atoms with Crippen molar-refractivity contribution in [3.63, 3.8) is 0 Å². The van der Waals surface area contributed by atoms with Crippen LogP contribution in [0.3, 0.4) is 0 Å². The second-order valence-electron chi connectivity index (χ2n) is 6.76. The molecular weight excluding hydrogens is 376 g/mol. The number of carbonyl (C=O) groups excluding carboxylic acids is 2. The lowest BCUT2D eigenvalue weighted by Crippen LogP contribution is -3.14. The molecule has 0 aliphatic rings. The SMILES string of the molecule is COC(=O)[C@H](Cc1cnc[nH]1)NC(=O)C[NH+](CCCc1ccccc1)CC(=O)O. The molecule has 0 saturated carbocycles. The number of hydrogen-bond acceptors (Lipinski definition) is 5. The number of aryl methyl sites for hydroxylation is 1. The summed E-state index contributed by atoms with van der Waals surface area (Å²) in [5, 5.41) is 11.8. The molecule has 1 aromatic heterocycles. The Hall–Kier alpha value is -3.20. The van der Waals surface area contributed by atoms with Crippen molar-refractivity contribution in [1.82, 2.24) is 15.3 Å². The number of H-pyrrole nitrogens is 1. The third kappa shape index (κ3) is 8.14. The summed E-state index contributed by atoms with van der Waals surface area (Å²) in [6.07, 6.45) is 4.80. The second-order valence-corrected chi connectivity index (χ2v) is 6.76. The standard InChI is InChI=1S/C20H26N4O5/c1-29-20(28)17(10-16-11-21-14-22-16)23-18(25)12-24(13-19(26)27)9-5-8-15-6-3-2-4-7-15/h2-4,6-7,11,14,17H,5,8-10,12-13H2,1H3,(H,21,22)(H,23,25)(H,26,27)/p+1/t17-/m0/s1. The zero-order valence-corrected chi connectivity index (χ0v) is 16.4. The van der Waals surface area contributed by atoms with E-state index in [2.05, 4.69) is 15.3 Å². The summed E-state index contributed by atoms with van der Waals surface area (Å²) in [6, 6.07) is 9.01. The van der Waals surface area contributed by atoms with E-state index in [9.17, 15) is 14.4 Å². The van der Waals surface area contributed by atoms with Gasteiger partial charge in [0, 0.05) is 24.7 Å². The van der Waals surface area contributed by atoms with Crippen molar-refractivity contribution in [2.45, 2.75) is 25.3 Å². The third-order valence-corrected chi connectivity index (χ3v) is 4.45. The van der Waals surface area contributed by atoms with Crippen LogP contribution in [0.5, 0.6) is 0 Å². The van der Waals surface area contributed by atoms with Crippen LogP contribution in [0, 0.1) is 0 Å². The molecule has 156 valence electrons. The van der Waals surface area contributed by atoms with Crippen LogP contribution in [0.4, 0.5) is 0 Å². The molecule has 0 bridgehead atoms. The first-order chi connectivity index (χ1) is 14.0. The highest BCUT2D eigenvalue weighted by Crippen LogP contribution is 2.01. The van der Waals surface area contributed by atoms with Crippen LogP contribution in [-0.2, 0) is 32.0 Å². The minimum Gasteiger partial charge on any atom is -0.477 e. The van der Waals surface area contributed by atoms with E-state index < -0.39 is 23.9 Å². The molecule has 1 aromatic carbocycles. The Kier molecular flexibility index (Phi) is 8.84. The number of hydrogen-bond donors (Lipinski definition) is 4. The minimum absolute atomic E-state index is 0.0441. The first-order valence-corrected chi connectivity index (χ1v) is 9.41. The Labute approximate surface area is 169 Å². The van der Waals surface area contributed by atoms with Crippen LogP contribution in [0.2, 0.25) is 0 Å². The van der Waals surface area contributed by atoms with Crippen molar-refractivity contribution in [3.05, 3.63) is 54.1 Å². The zero-order chi connectivity index (χ0) is 21.1. The highest BCUT2D eigenvalue weighted by atomic mass is 16.5. The molecule has 2 aromatic rings. The van der Waals surface area contributed by atoms with E-state index in [0.717, 1.165) is 18.4 Å². The molecule has 29 heavy (non-hydrogen) atoms. The summed E-state index contributed by atoms with van der Waals surface area (Å²) in [5.74, 6) is -1.96. The van der Waals surface area contributed by atoms with Gasteiger partial charge in [-0.25, -0.2) is 14.6 Å². The van der Waals surface area contributed by atoms with Gasteiger partial charge in [-0.3, -0.25) is 4.79 Å². The van der Waals surface area contributed by atoms with Gasteiger partial charge in [0.15, 0.2) is 13.1 Å². The quantitative estimate of drug-likeness (QED) is 0.344. The summed E-state index contributed by atoms with van der Waals surface area (Å²) in [6.45, 7) is 0.307. The Balaban J connectivity index is 1.90. The van der Waals surface area contributed by atoms with Gasteiger partial charge in [-0.05, 0) is 12.0 Å². The van der Waals surface area contributed by atoms with Crippen molar-refractivity contribution < 1.29 is 29.1 Å². The number of aliphatic carboxylic acids is 1. The molecule has 0 fully saturated rings. The Morgan fingerprint density at radius 1 is 1.24 bits per heavy atom. The van der Waals surface area contributed by atoms with Crippen LogP contribution in [-0.4, -0.2) is 65.7 Å². The average Bonchev–Trinajstić information content (AvgIpc) is 3.20. The summed E-state index contributed by atoms with van der Waals surface area (Å²) in [7, 11) is 1.25. The van der Waals surface area contributed by atoms with Gasteiger partial charge in [-0.1, -0.05) is 30.3 Å². The smallest absolute Gasteiger partial charge is 0.359 e. The number of carboxylic acid groups (broad SMARTS) is 1. The molecule has 0 spiro atoms. The van der Waals surface area contributed by atoms with Gasteiger partial charge in [-0.2, -0.15) is 0 Å². The minimum atomic E-state index is -0.977. The monoisotopic (exact) mass is 403 g/mol. The molecule has 1 amide bonds. The van der Waals surface area contributed by atoms with Crippen LogP contribution in [0.1, 0.15) is 17.7 Å². The van der Waals surface area contributed by atoms with Crippen molar-refractivity contribution in [3.8, 4) is 0 Å². The largest absolute Gasteiger partial charge is 0.477 e. The number of carbonyl (C=O) groups is 3. The van der Waals surface area contributed by atoms with E-state index in [1.54, 1.807) is 6.20 Å². The molecule has 4 N–H and O–H groups in total. The second kappa shape index (κ2) is 11.6.